The third kappa shape index (κ3) is 3.79. The molecule has 0 radical (unpaired) electrons. The molecule has 1 saturated carbocycles. The lowest BCUT2D eigenvalue weighted by Crippen LogP contribution is -2.43. The van der Waals surface area contributed by atoms with Crippen LogP contribution in [0.2, 0.25) is 0 Å². The molecule has 3 heteroatoms. The molecule has 0 aromatic heterocycles. The summed E-state index contributed by atoms with van der Waals surface area (Å²) in [6.07, 6.45) is 3.21. The molecule has 2 atom stereocenters. The van der Waals surface area contributed by atoms with Gasteiger partial charge in [-0.3, -0.25) is 0 Å². The summed E-state index contributed by atoms with van der Waals surface area (Å²) in [4.78, 5) is 0. The number of aliphatic hydroxyl groups is 1. The number of halogens is 2. The van der Waals surface area contributed by atoms with Gasteiger partial charge in [-0.1, -0.05) is 36.7 Å². The maximum atomic E-state index is 13.4. The molecule has 2 rings (SSSR count). The lowest BCUT2D eigenvalue weighted by Gasteiger charge is -2.45. The maximum Gasteiger partial charge on any atom is 0.123 e. The van der Waals surface area contributed by atoms with E-state index in [0.717, 1.165) is 29.3 Å². The molecular weight excluding hydrogens is 307 g/mol. The maximum absolute atomic E-state index is 13.4. The van der Waals surface area contributed by atoms with Crippen LogP contribution in [0.1, 0.15) is 45.6 Å². The molecule has 0 bridgehead atoms. The highest BCUT2D eigenvalue weighted by Gasteiger charge is 2.41. The van der Waals surface area contributed by atoms with Crippen LogP contribution in [0, 0.1) is 17.2 Å². The summed E-state index contributed by atoms with van der Waals surface area (Å²) in [6, 6.07) is 4.67. The molecule has 1 aromatic carbocycles. The Kier molecular flexibility index (Phi) is 4.08. The average Bonchev–Trinajstić information content (AvgIpc) is 2.19. The van der Waals surface area contributed by atoms with Crippen LogP contribution < -0.4 is 0 Å². The van der Waals surface area contributed by atoms with E-state index in [4.69, 9.17) is 0 Å². The minimum absolute atomic E-state index is 0.145. The molecule has 0 amide bonds. The molecule has 1 nitrogen and oxygen atoms in total. The van der Waals surface area contributed by atoms with Crippen molar-refractivity contribution >= 4 is 15.9 Å². The first kappa shape index (κ1) is 15.0. The van der Waals surface area contributed by atoms with Gasteiger partial charge in [-0.15, -0.1) is 0 Å². The van der Waals surface area contributed by atoms with Crippen LogP contribution in [0.4, 0.5) is 4.39 Å². The van der Waals surface area contributed by atoms with Crippen LogP contribution in [-0.2, 0) is 6.42 Å². The van der Waals surface area contributed by atoms with Crippen molar-refractivity contribution in [2.24, 2.45) is 11.3 Å². The monoisotopic (exact) mass is 328 g/mol. The summed E-state index contributed by atoms with van der Waals surface area (Å²) in [5.41, 5.74) is 0.274. The van der Waals surface area contributed by atoms with Crippen molar-refractivity contribution in [2.75, 3.05) is 0 Å². The Morgan fingerprint density at radius 1 is 1.37 bits per heavy atom. The van der Waals surface area contributed by atoms with Gasteiger partial charge in [0.25, 0.3) is 0 Å². The second kappa shape index (κ2) is 5.17. The highest BCUT2D eigenvalue weighted by molar-refractivity contribution is 9.10. The summed E-state index contributed by atoms with van der Waals surface area (Å²) in [5, 5.41) is 10.9. The second-order valence-electron chi connectivity index (χ2n) is 6.99. The van der Waals surface area contributed by atoms with E-state index in [-0.39, 0.29) is 11.2 Å². The molecule has 0 spiro atoms. The van der Waals surface area contributed by atoms with E-state index in [1.165, 1.54) is 12.1 Å². The Hall–Kier alpha value is -0.410. The summed E-state index contributed by atoms with van der Waals surface area (Å²) in [5.74, 6) is 0.256. The highest BCUT2D eigenvalue weighted by Crippen LogP contribution is 2.45. The molecule has 2 unspecified atom stereocenters. The van der Waals surface area contributed by atoms with E-state index in [1.807, 2.05) is 0 Å². The first-order chi connectivity index (χ1) is 8.69. The number of hydrogen-bond acceptors (Lipinski definition) is 1. The first-order valence-electron chi connectivity index (χ1n) is 6.85. The molecule has 0 heterocycles. The van der Waals surface area contributed by atoms with Crippen LogP contribution in [0.3, 0.4) is 0 Å². The molecule has 106 valence electrons. The fourth-order valence-electron chi connectivity index (χ4n) is 3.87. The van der Waals surface area contributed by atoms with Crippen molar-refractivity contribution in [2.45, 2.75) is 52.1 Å². The van der Waals surface area contributed by atoms with Gasteiger partial charge in [0.2, 0.25) is 0 Å². The van der Waals surface area contributed by atoms with Crippen LogP contribution in [0.25, 0.3) is 0 Å². The van der Waals surface area contributed by atoms with Crippen LogP contribution in [0.5, 0.6) is 0 Å². The molecular formula is C16H22BrFO. The Bertz CT molecular complexity index is 472. The zero-order chi connectivity index (χ0) is 14.3. The molecule has 0 aliphatic heterocycles. The van der Waals surface area contributed by atoms with E-state index >= 15 is 0 Å². The third-order valence-electron chi connectivity index (χ3n) is 3.96. The van der Waals surface area contributed by atoms with E-state index in [9.17, 15) is 9.50 Å². The topological polar surface area (TPSA) is 20.2 Å². The smallest absolute Gasteiger partial charge is 0.123 e. The van der Waals surface area contributed by atoms with Crippen molar-refractivity contribution < 1.29 is 9.50 Å². The third-order valence-corrected chi connectivity index (χ3v) is 4.74. The minimum Gasteiger partial charge on any atom is -0.390 e. The Morgan fingerprint density at radius 2 is 2.05 bits per heavy atom. The van der Waals surface area contributed by atoms with Gasteiger partial charge >= 0.3 is 0 Å². The SMILES string of the molecule is CC1CC(C)(C)CC(O)(Cc2cc(F)ccc2Br)C1. The Morgan fingerprint density at radius 3 is 2.68 bits per heavy atom. The normalized spacial score (nSPS) is 30.3. The van der Waals surface area contributed by atoms with E-state index in [2.05, 4.69) is 36.7 Å². The van der Waals surface area contributed by atoms with Gasteiger partial charge in [0.15, 0.2) is 0 Å². The van der Waals surface area contributed by atoms with Gasteiger partial charge < -0.3 is 5.11 Å². The van der Waals surface area contributed by atoms with Crippen molar-refractivity contribution in [3.63, 3.8) is 0 Å². The average molecular weight is 329 g/mol. The van der Waals surface area contributed by atoms with Gasteiger partial charge in [-0.2, -0.15) is 0 Å². The summed E-state index contributed by atoms with van der Waals surface area (Å²) in [6.45, 7) is 6.59. The standard InChI is InChI=1S/C16H22BrFO/c1-11-7-15(2,3)10-16(19,8-11)9-12-6-13(18)4-5-14(12)17/h4-6,11,19H,7-10H2,1-3H3. The minimum atomic E-state index is -0.725. The molecule has 1 aliphatic rings. The highest BCUT2D eigenvalue weighted by atomic mass is 79.9. The number of rotatable bonds is 2. The quantitative estimate of drug-likeness (QED) is 0.833. The zero-order valence-corrected chi connectivity index (χ0v) is 13.4. The van der Waals surface area contributed by atoms with Crippen molar-refractivity contribution in [1.82, 2.24) is 0 Å². The molecule has 1 N–H and O–H groups in total. The fraction of sp³-hybridized carbons (Fsp3) is 0.625. The van der Waals surface area contributed by atoms with E-state index in [1.54, 1.807) is 6.07 Å². The summed E-state index contributed by atoms with van der Waals surface area (Å²) < 4.78 is 14.2. The summed E-state index contributed by atoms with van der Waals surface area (Å²) >= 11 is 3.45. The van der Waals surface area contributed by atoms with Gasteiger partial charge in [0.1, 0.15) is 5.82 Å². The van der Waals surface area contributed by atoms with Crippen LogP contribution in [0.15, 0.2) is 22.7 Å². The number of benzene rings is 1. The van der Waals surface area contributed by atoms with Crippen molar-refractivity contribution in [3.8, 4) is 0 Å². The summed E-state index contributed by atoms with van der Waals surface area (Å²) in [7, 11) is 0. The molecule has 19 heavy (non-hydrogen) atoms. The predicted octanol–water partition coefficient (Wildman–Crippen LogP) is 4.71. The van der Waals surface area contributed by atoms with Crippen LogP contribution >= 0.6 is 15.9 Å². The first-order valence-corrected chi connectivity index (χ1v) is 7.65. The van der Waals surface area contributed by atoms with Gasteiger partial charge in [0, 0.05) is 10.9 Å². The van der Waals surface area contributed by atoms with E-state index in [0.29, 0.717) is 12.3 Å². The second-order valence-corrected chi connectivity index (χ2v) is 7.85. The van der Waals surface area contributed by atoms with Gasteiger partial charge in [-0.25, -0.2) is 4.39 Å². The lowest BCUT2D eigenvalue weighted by atomic mass is 9.64. The predicted molar refractivity (Wildman–Crippen MR) is 79.5 cm³/mol. The largest absolute Gasteiger partial charge is 0.390 e. The van der Waals surface area contributed by atoms with Crippen molar-refractivity contribution in [3.05, 3.63) is 34.1 Å². The van der Waals surface area contributed by atoms with Crippen molar-refractivity contribution in [1.29, 1.82) is 0 Å². The molecule has 1 fully saturated rings. The van der Waals surface area contributed by atoms with Gasteiger partial charge in [-0.05, 0) is 54.4 Å². The van der Waals surface area contributed by atoms with Crippen LogP contribution in [-0.4, -0.2) is 10.7 Å². The molecule has 0 saturated heterocycles. The van der Waals surface area contributed by atoms with E-state index < -0.39 is 5.60 Å². The zero-order valence-electron chi connectivity index (χ0n) is 11.8. The van der Waals surface area contributed by atoms with Gasteiger partial charge in [0.05, 0.1) is 5.60 Å². The lowest BCUT2D eigenvalue weighted by molar-refractivity contribution is -0.0575. The number of hydrogen-bond donors (Lipinski definition) is 1. The molecule has 1 aromatic rings. The molecule has 1 aliphatic carbocycles. The fourth-order valence-corrected chi connectivity index (χ4v) is 4.25. The Labute approximate surface area is 123 Å². The Balaban J connectivity index is 2.23.